The monoisotopic (exact) mass is 237 g/mol. The van der Waals surface area contributed by atoms with Crippen LogP contribution in [0.1, 0.15) is 25.5 Å². The van der Waals surface area contributed by atoms with Gasteiger partial charge in [0.15, 0.2) is 0 Å². The predicted octanol–water partition coefficient (Wildman–Crippen LogP) is 3.02. The van der Waals surface area contributed by atoms with Crippen molar-refractivity contribution in [1.29, 1.82) is 0 Å². The van der Waals surface area contributed by atoms with Gasteiger partial charge in [-0.1, -0.05) is 17.5 Å². The van der Waals surface area contributed by atoms with Crippen molar-refractivity contribution in [2.75, 3.05) is 13.7 Å². The third-order valence-corrected chi connectivity index (χ3v) is 2.58. The van der Waals surface area contributed by atoms with E-state index < -0.39 is 0 Å². The second-order valence-corrected chi connectivity index (χ2v) is 3.84. The number of nitrogens with one attached hydrogen (secondary N) is 1. The second kappa shape index (κ2) is 6.42. The van der Waals surface area contributed by atoms with Crippen LogP contribution in [0, 0.1) is 11.8 Å². The first-order valence-electron chi connectivity index (χ1n) is 5.18. The fraction of sp³-hybridized carbons (Fsp3) is 0.385. The molecule has 0 heterocycles. The lowest BCUT2D eigenvalue weighted by atomic mass is 10.1. The Bertz CT molecular complexity index is 406. The first kappa shape index (κ1) is 12.9. The van der Waals surface area contributed by atoms with Gasteiger partial charge in [-0.2, -0.15) is 0 Å². The van der Waals surface area contributed by atoms with Gasteiger partial charge in [0, 0.05) is 16.6 Å². The number of hydrogen-bond acceptors (Lipinski definition) is 2. The van der Waals surface area contributed by atoms with Gasteiger partial charge in [-0.05, 0) is 39.1 Å². The standard InChI is InChI=1S/C13H16ClNO/c1-4-5-8-16-13-7-6-11(14)9-12(13)10(2)15-3/h6-7,9-10,15H,8H2,1-3H3. The minimum absolute atomic E-state index is 0.197. The predicted molar refractivity (Wildman–Crippen MR) is 67.9 cm³/mol. The summed E-state index contributed by atoms with van der Waals surface area (Å²) in [5.41, 5.74) is 1.05. The van der Waals surface area contributed by atoms with E-state index in [1.165, 1.54) is 0 Å². The maximum Gasteiger partial charge on any atom is 0.149 e. The molecule has 1 atom stereocenters. The molecule has 1 unspecified atom stereocenters. The van der Waals surface area contributed by atoms with Crippen LogP contribution in [-0.2, 0) is 0 Å². The lowest BCUT2D eigenvalue weighted by Crippen LogP contribution is -2.13. The molecule has 0 saturated carbocycles. The molecule has 0 saturated heterocycles. The Labute approximate surface area is 102 Å². The van der Waals surface area contributed by atoms with Crippen molar-refractivity contribution < 1.29 is 4.74 Å². The maximum atomic E-state index is 5.97. The number of benzene rings is 1. The van der Waals surface area contributed by atoms with Crippen molar-refractivity contribution >= 4 is 11.6 Å². The Kier molecular flexibility index (Phi) is 5.18. The zero-order valence-corrected chi connectivity index (χ0v) is 10.6. The maximum absolute atomic E-state index is 5.97. The fourth-order valence-electron chi connectivity index (χ4n) is 1.33. The molecule has 1 aromatic rings. The minimum atomic E-state index is 0.197. The molecule has 0 aliphatic heterocycles. The number of ether oxygens (including phenoxy) is 1. The van der Waals surface area contributed by atoms with Gasteiger partial charge in [-0.25, -0.2) is 0 Å². The van der Waals surface area contributed by atoms with Crippen LogP contribution in [0.15, 0.2) is 18.2 Å². The van der Waals surface area contributed by atoms with Crippen LogP contribution in [0.5, 0.6) is 5.75 Å². The molecule has 0 amide bonds. The summed E-state index contributed by atoms with van der Waals surface area (Å²) in [4.78, 5) is 0. The van der Waals surface area contributed by atoms with Crippen LogP contribution in [0.4, 0.5) is 0 Å². The molecular formula is C13H16ClNO. The second-order valence-electron chi connectivity index (χ2n) is 3.41. The van der Waals surface area contributed by atoms with Crippen molar-refractivity contribution in [2.24, 2.45) is 0 Å². The summed E-state index contributed by atoms with van der Waals surface area (Å²) in [5, 5.41) is 3.88. The number of rotatable bonds is 4. The average molecular weight is 238 g/mol. The Morgan fingerprint density at radius 2 is 2.25 bits per heavy atom. The largest absolute Gasteiger partial charge is 0.481 e. The van der Waals surface area contributed by atoms with Crippen molar-refractivity contribution in [3.63, 3.8) is 0 Å². The summed E-state index contributed by atoms with van der Waals surface area (Å²) in [5.74, 6) is 6.49. The van der Waals surface area contributed by atoms with Gasteiger partial charge >= 0.3 is 0 Å². The van der Waals surface area contributed by atoms with E-state index in [9.17, 15) is 0 Å². The van der Waals surface area contributed by atoms with Gasteiger partial charge in [0.2, 0.25) is 0 Å². The van der Waals surface area contributed by atoms with Gasteiger partial charge in [0.05, 0.1) is 0 Å². The number of halogens is 1. The lowest BCUT2D eigenvalue weighted by Gasteiger charge is -2.15. The van der Waals surface area contributed by atoms with Crippen LogP contribution in [0.25, 0.3) is 0 Å². The van der Waals surface area contributed by atoms with Crippen molar-refractivity contribution in [3.05, 3.63) is 28.8 Å². The van der Waals surface area contributed by atoms with Crippen LogP contribution in [-0.4, -0.2) is 13.7 Å². The highest BCUT2D eigenvalue weighted by molar-refractivity contribution is 6.30. The van der Waals surface area contributed by atoms with Crippen LogP contribution in [0.2, 0.25) is 5.02 Å². The summed E-state index contributed by atoms with van der Waals surface area (Å²) in [6, 6.07) is 5.81. The molecule has 86 valence electrons. The summed E-state index contributed by atoms with van der Waals surface area (Å²) in [7, 11) is 1.90. The molecular weight excluding hydrogens is 222 g/mol. The van der Waals surface area contributed by atoms with Gasteiger partial charge in [0.1, 0.15) is 12.4 Å². The molecule has 1 aromatic carbocycles. The minimum Gasteiger partial charge on any atom is -0.481 e. The first-order valence-corrected chi connectivity index (χ1v) is 5.56. The summed E-state index contributed by atoms with van der Waals surface area (Å²) < 4.78 is 5.58. The highest BCUT2D eigenvalue weighted by Gasteiger charge is 2.10. The Balaban J connectivity index is 2.91. The first-order chi connectivity index (χ1) is 7.69. The summed E-state index contributed by atoms with van der Waals surface area (Å²) in [6.07, 6.45) is 0. The summed E-state index contributed by atoms with van der Waals surface area (Å²) >= 11 is 5.97. The summed E-state index contributed by atoms with van der Waals surface area (Å²) in [6.45, 7) is 4.26. The highest BCUT2D eigenvalue weighted by atomic mass is 35.5. The van der Waals surface area contributed by atoms with E-state index >= 15 is 0 Å². The number of hydrogen-bond donors (Lipinski definition) is 1. The SMILES string of the molecule is CC#CCOc1ccc(Cl)cc1C(C)NC. The van der Waals surface area contributed by atoms with Gasteiger partial charge in [0.25, 0.3) is 0 Å². The zero-order valence-electron chi connectivity index (χ0n) is 9.80. The molecule has 0 bridgehead atoms. The van der Waals surface area contributed by atoms with Crippen molar-refractivity contribution in [2.45, 2.75) is 19.9 Å². The fourth-order valence-corrected chi connectivity index (χ4v) is 1.51. The van der Waals surface area contributed by atoms with Crippen LogP contribution >= 0.6 is 11.6 Å². The van der Waals surface area contributed by atoms with E-state index in [1.807, 2.05) is 25.2 Å². The Morgan fingerprint density at radius 1 is 1.50 bits per heavy atom. The van der Waals surface area contributed by atoms with E-state index in [4.69, 9.17) is 16.3 Å². The van der Waals surface area contributed by atoms with Crippen molar-refractivity contribution in [3.8, 4) is 17.6 Å². The molecule has 0 spiro atoms. The molecule has 3 heteroatoms. The van der Waals surface area contributed by atoms with Gasteiger partial charge < -0.3 is 10.1 Å². The zero-order chi connectivity index (χ0) is 12.0. The molecule has 1 N–H and O–H groups in total. The third kappa shape index (κ3) is 3.44. The van der Waals surface area contributed by atoms with E-state index in [1.54, 1.807) is 6.92 Å². The molecule has 16 heavy (non-hydrogen) atoms. The third-order valence-electron chi connectivity index (χ3n) is 2.35. The molecule has 0 fully saturated rings. The van der Waals surface area contributed by atoms with Gasteiger partial charge in [-0.15, -0.1) is 5.92 Å². The van der Waals surface area contributed by atoms with Crippen LogP contribution in [0.3, 0.4) is 0 Å². The van der Waals surface area contributed by atoms with Crippen LogP contribution < -0.4 is 10.1 Å². The van der Waals surface area contributed by atoms with E-state index in [-0.39, 0.29) is 6.04 Å². The molecule has 0 aliphatic rings. The van der Waals surface area contributed by atoms with E-state index in [0.717, 1.165) is 11.3 Å². The lowest BCUT2D eigenvalue weighted by molar-refractivity contribution is 0.362. The highest BCUT2D eigenvalue weighted by Crippen LogP contribution is 2.28. The van der Waals surface area contributed by atoms with Gasteiger partial charge in [-0.3, -0.25) is 0 Å². The Hall–Kier alpha value is -1.17. The van der Waals surface area contributed by atoms with E-state index in [2.05, 4.69) is 24.1 Å². The smallest absolute Gasteiger partial charge is 0.149 e. The molecule has 0 radical (unpaired) electrons. The molecule has 2 nitrogen and oxygen atoms in total. The Morgan fingerprint density at radius 3 is 2.88 bits per heavy atom. The molecule has 1 rings (SSSR count). The average Bonchev–Trinajstić information content (AvgIpc) is 2.30. The topological polar surface area (TPSA) is 21.3 Å². The quantitative estimate of drug-likeness (QED) is 0.813. The van der Waals surface area contributed by atoms with E-state index in [0.29, 0.717) is 11.6 Å². The molecule has 0 aromatic heterocycles. The molecule has 0 aliphatic carbocycles. The normalized spacial score (nSPS) is 11.5. The van der Waals surface area contributed by atoms with Crippen molar-refractivity contribution in [1.82, 2.24) is 5.32 Å².